The van der Waals surface area contributed by atoms with Crippen molar-refractivity contribution in [1.29, 1.82) is 0 Å². The van der Waals surface area contributed by atoms with E-state index in [1.807, 2.05) is 0 Å². The maximum Gasteiger partial charge on any atom is 0.394 e. The lowest BCUT2D eigenvalue weighted by Crippen LogP contribution is -2.12. The molecule has 0 aliphatic rings. The monoisotopic (exact) mass is 282 g/mol. The molecular weight excluding hydrogens is 272 g/mol. The second-order valence-corrected chi connectivity index (χ2v) is 3.91. The van der Waals surface area contributed by atoms with Crippen molar-refractivity contribution in [3.05, 3.63) is 29.3 Å². The molecule has 0 aliphatic heterocycles. The van der Waals surface area contributed by atoms with Gasteiger partial charge in [0.25, 0.3) is 6.02 Å². The number of hydrogen-bond donors (Lipinski definition) is 3. The number of benzene rings is 1. The molecule has 0 atom stereocenters. The van der Waals surface area contributed by atoms with Gasteiger partial charge in [0.2, 0.25) is 0 Å². The van der Waals surface area contributed by atoms with Crippen molar-refractivity contribution in [2.24, 2.45) is 10.7 Å². The highest BCUT2D eigenvalue weighted by Crippen LogP contribution is 2.15. The summed E-state index contributed by atoms with van der Waals surface area (Å²) < 4.78 is 36.3. The molecule has 96 valence electrons. The number of methoxy groups -OCH3 is 1. The summed E-state index contributed by atoms with van der Waals surface area (Å²) in [5.74, 6) is 0. The van der Waals surface area contributed by atoms with Crippen LogP contribution in [0.25, 0.3) is 0 Å². The summed E-state index contributed by atoms with van der Waals surface area (Å²) in [6.07, 6.45) is 0. The Morgan fingerprint density at radius 3 is 2.12 bits per heavy atom. The zero-order chi connectivity index (χ0) is 13.5. The number of hydrogen-bond acceptors (Lipinski definition) is 4. The second-order valence-electron chi connectivity index (χ2n) is 2.58. The van der Waals surface area contributed by atoms with Gasteiger partial charge >= 0.3 is 10.4 Å². The third-order valence-electron chi connectivity index (χ3n) is 1.28. The fourth-order valence-electron chi connectivity index (χ4n) is 0.689. The summed E-state index contributed by atoms with van der Waals surface area (Å²) in [6, 6.07) is 7.13. The lowest BCUT2D eigenvalue weighted by atomic mass is 10.3. The number of rotatable bonds is 1. The normalized spacial score (nSPS) is 11.4. The summed E-state index contributed by atoms with van der Waals surface area (Å²) in [5.41, 5.74) is 6.06. The Labute approximate surface area is 103 Å². The van der Waals surface area contributed by atoms with Crippen LogP contribution in [0.4, 0.5) is 5.69 Å². The van der Waals surface area contributed by atoms with Crippen molar-refractivity contribution in [1.82, 2.24) is 0 Å². The molecule has 0 spiro atoms. The first-order chi connectivity index (χ1) is 7.72. The summed E-state index contributed by atoms with van der Waals surface area (Å²) in [4.78, 5) is 3.93. The van der Waals surface area contributed by atoms with Gasteiger partial charge in [-0.2, -0.15) is 13.4 Å². The average molecular weight is 283 g/mol. The van der Waals surface area contributed by atoms with Crippen LogP contribution < -0.4 is 5.73 Å². The van der Waals surface area contributed by atoms with Crippen LogP contribution in [0.5, 0.6) is 0 Å². The Balaban J connectivity index is 0.000000437. The molecule has 1 aromatic rings. The first-order valence-electron chi connectivity index (χ1n) is 4.06. The van der Waals surface area contributed by atoms with Gasteiger partial charge in [0.05, 0.1) is 12.8 Å². The molecule has 0 unspecified atom stereocenters. The molecule has 0 bridgehead atoms. The van der Waals surface area contributed by atoms with Crippen LogP contribution in [-0.2, 0) is 15.1 Å². The van der Waals surface area contributed by atoms with Gasteiger partial charge in [-0.3, -0.25) is 9.11 Å². The maximum atomic E-state index is 8.74. The standard InChI is InChI=1S/C8H9ClN2O.H2O4S/c1-12-8(10)11-7-4-2-6(9)3-5-7;1-5(2,3)4/h2-5H,1H3,(H2,10,11);(H2,1,2,3,4). The maximum absolute atomic E-state index is 8.74. The first-order valence-corrected chi connectivity index (χ1v) is 5.83. The summed E-state index contributed by atoms with van der Waals surface area (Å²) >= 11 is 5.67. The minimum Gasteiger partial charge on any atom is -0.469 e. The van der Waals surface area contributed by atoms with E-state index in [0.717, 1.165) is 5.69 Å². The summed E-state index contributed by atoms with van der Waals surface area (Å²) in [7, 11) is -3.20. The molecule has 0 saturated heterocycles. The minimum atomic E-state index is -4.67. The number of aliphatic imine (C=N–C) groups is 1. The zero-order valence-electron chi connectivity index (χ0n) is 8.74. The van der Waals surface area contributed by atoms with Crippen molar-refractivity contribution in [2.75, 3.05) is 7.11 Å². The first kappa shape index (κ1) is 15.7. The van der Waals surface area contributed by atoms with Gasteiger partial charge < -0.3 is 10.5 Å². The smallest absolute Gasteiger partial charge is 0.394 e. The van der Waals surface area contributed by atoms with Crippen LogP contribution in [0.2, 0.25) is 5.02 Å². The molecular formula is C8H11ClN2O5S. The molecule has 1 rings (SSSR count). The van der Waals surface area contributed by atoms with Crippen LogP contribution in [0, 0.1) is 0 Å². The van der Waals surface area contributed by atoms with Gasteiger partial charge in [0.15, 0.2) is 0 Å². The van der Waals surface area contributed by atoms with E-state index in [1.54, 1.807) is 24.3 Å². The van der Waals surface area contributed by atoms with Gasteiger partial charge in [0, 0.05) is 5.02 Å². The largest absolute Gasteiger partial charge is 0.469 e. The lowest BCUT2D eigenvalue weighted by Gasteiger charge is -1.97. The van der Waals surface area contributed by atoms with Crippen LogP contribution in [0.3, 0.4) is 0 Å². The van der Waals surface area contributed by atoms with Gasteiger partial charge in [-0.1, -0.05) is 11.6 Å². The van der Waals surface area contributed by atoms with Gasteiger partial charge in [-0.15, -0.1) is 0 Å². The molecule has 0 radical (unpaired) electrons. The van der Waals surface area contributed by atoms with Crippen molar-refractivity contribution >= 4 is 33.7 Å². The van der Waals surface area contributed by atoms with Crippen LogP contribution >= 0.6 is 11.6 Å². The molecule has 0 aromatic heterocycles. The van der Waals surface area contributed by atoms with Crippen LogP contribution in [-0.4, -0.2) is 30.7 Å². The molecule has 0 aliphatic carbocycles. The van der Waals surface area contributed by atoms with Crippen molar-refractivity contribution in [2.45, 2.75) is 0 Å². The van der Waals surface area contributed by atoms with Crippen LogP contribution in [0.15, 0.2) is 29.3 Å². The van der Waals surface area contributed by atoms with Crippen molar-refractivity contribution in [3.8, 4) is 0 Å². The molecule has 0 heterocycles. The van der Waals surface area contributed by atoms with E-state index < -0.39 is 10.4 Å². The van der Waals surface area contributed by atoms with E-state index in [1.165, 1.54) is 7.11 Å². The van der Waals surface area contributed by atoms with E-state index in [2.05, 4.69) is 9.73 Å². The molecule has 1 aromatic carbocycles. The van der Waals surface area contributed by atoms with E-state index in [-0.39, 0.29) is 6.02 Å². The molecule has 0 saturated carbocycles. The Bertz CT molecular complexity index is 463. The minimum absolute atomic E-state index is 0.136. The number of ether oxygens (including phenoxy) is 1. The highest BCUT2D eigenvalue weighted by molar-refractivity contribution is 7.79. The van der Waals surface area contributed by atoms with E-state index in [0.29, 0.717) is 5.02 Å². The predicted molar refractivity (Wildman–Crippen MR) is 63.9 cm³/mol. The molecule has 0 fully saturated rings. The average Bonchev–Trinajstić information content (AvgIpc) is 2.19. The van der Waals surface area contributed by atoms with E-state index in [4.69, 9.17) is 34.9 Å². The lowest BCUT2D eigenvalue weighted by molar-refractivity contribution is 0.381. The highest BCUT2D eigenvalue weighted by Gasteiger charge is 1.91. The highest BCUT2D eigenvalue weighted by atomic mass is 35.5. The molecule has 7 nitrogen and oxygen atoms in total. The number of nitrogens with zero attached hydrogens (tertiary/aromatic N) is 1. The molecule has 17 heavy (non-hydrogen) atoms. The third-order valence-corrected chi connectivity index (χ3v) is 1.53. The predicted octanol–water partition coefficient (Wildman–Crippen LogP) is 1.28. The Kier molecular flexibility index (Phi) is 6.51. The Morgan fingerprint density at radius 2 is 1.76 bits per heavy atom. The summed E-state index contributed by atoms with van der Waals surface area (Å²) in [5, 5.41) is 0.671. The quantitative estimate of drug-likeness (QED) is 0.405. The molecule has 9 heteroatoms. The van der Waals surface area contributed by atoms with Gasteiger partial charge in [-0.05, 0) is 24.3 Å². The zero-order valence-corrected chi connectivity index (χ0v) is 10.3. The topological polar surface area (TPSA) is 122 Å². The third kappa shape index (κ3) is 10.9. The van der Waals surface area contributed by atoms with Crippen molar-refractivity contribution < 1.29 is 22.3 Å². The Morgan fingerprint density at radius 1 is 1.35 bits per heavy atom. The SMILES string of the molecule is COC(N)=Nc1ccc(Cl)cc1.O=S(=O)(O)O. The fraction of sp³-hybridized carbons (Fsp3) is 0.125. The van der Waals surface area contributed by atoms with Gasteiger partial charge in [0.1, 0.15) is 0 Å². The second kappa shape index (κ2) is 7.07. The molecule has 4 N–H and O–H groups in total. The molecule has 0 amide bonds. The fourth-order valence-corrected chi connectivity index (χ4v) is 0.814. The Hall–Kier alpha value is -1.35. The summed E-state index contributed by atoms with van der Waals surface area (Å²) in [6.45, 7) is 0. The number of amidine groups is 1. The van der Waals surface area contributed by atoms with Crippen molar-refractivity contribution in [3.63, 3.8) is 0 Å². The van der Waals surface area contributed by atoms with E-state index in [9.17, 15) is 0 Å². The van der Waals surface area contributed by atoms with Gasteiger partial charge in [-0.25, -0.2) is 0 Å². The number of nitrogens with two attached hydrogens (primary N) is 1. The number of halogens is 1. The van der Waals surface area contributed by atoms with E-state index >= 15 is 0 Å². The van der Waals surface area contributed by atoms with Crippen LogP contribution in [0.1, 0.15) is 0 Å².